The van der Waals surface area contributed by atoms with E-state index in [1.54, 1.807) is 6.26 Å². The summed E-state index contributed by atoms with van der Waals surface area (Å²) in [6, 6.07) is 6.16. The van der Waals surface area contributed by atoms with Crippen LogP contribution in [0.25, 0.3) is 11.0 Å². The Bertz CT molecular complexity index is 939. The third-order valence-corrected chi connectivity index (χ3v) is 5.37. The van der Waals surface area contributed by atoms with Crippen LogP contribution in [0.1, 0.15) is 12.8 Å². The van der Waals surface area contributed by atoms with Gasteiger partial charge in [-0.25, -0.2) is 9.97 Å². The van der Waals surface area contributed by atoms with Gasteiger partial charge in [0.2, 0.25) is 5.95 Å². The molecule has 8 heteroatoms. The molecule has 3 aromatic rings. The Labute approximate surface area is 163 Å². The number of morpholine rings is 1. The Morgan fingerprint density at radius 3 is 2.82 bits per heavy atom. The van der Waals surface area contributed by atoms with Gasteiger partial charge in [-0.1, -0.05) is 0 Å². The highest BCUT2D eigenvalue weighted by Gasteiger charge is 2.23. The molecule has 2 aliphatic rings. The molecule has 0 radical (unpaired) electrons. The van der Waals surface area contributed by atoms with Gasteiger partial charge in [-0.15, -0.1) is 0 Å². The van der Waals surface area contributed by atoms with Gasteiger partial charge in [-0.05, 0) is 31.0 Å². The lowest BCUT2D eigenvalue weighted by atomic mass is 10.1. The average Bonchev–Trinajstić information content (AvgIpc) is 3.24. The van der Waals surface area contributed by atoms with Crippen LogP contribution >= 0.6 is 0 Å². The molecule has 0 bridgehead atoms. The fourth-order valence-electron chi connectivity index (χ4n) is 3.97. The molecule has 1 atom stereocenters. The number of nitrogens with one attached hydrogen (secondary N) is 1. The van der Waals surface area contributed by atoms with Crippen molar-refractivity contribution in [3.05, 3.63) is 36.9 Å². The summed E-state index contributed by atoms with van der Waals surface area (Å²) in [5, 5.41) is 4.67. The molecule has 1 unspecified atom stereocenters. The van der Waals surface area contributed by atoms with Crippen molar-refractivity contribution < 1.29 is 9.15 Å². The minimum atomic E-state index is 0.310. The maximum absolute atomic E-state index is 5.53. The molecule has 0 spiro atoms. The number of aromatic nitrogens is 3. The summed E-state index contributed by atoms with van der Waals surface area (Å²) in [5.41, 5.74) is 0.881. The molecule has 146 valence electrons. The van der Waals surface area contributed by atoms with E-state index in [0.717, 1.165) is 80.8 Å². The van der Waals surface area contributed by atoms with Crippen LogP contribution in [0.3, 0.4) is 0 Å². The molecule has 0 aliphatic carbocycles. The number of fused-ring (bicyclic) bond motifs is 1. The number of pyridine rings is 1. The number of furan rings is 1. The summed E-state index contributed by atoms with van der Waals surface area (Å²) in [5.74, 6) is 2.64. The van der Waals surface area contributed by atoms with Crippen LogP contribution in [0.15, 0.2) is 41.3 Å². The predicted molar refractivity (Wildman–Crippen MR) is 108 cm³/mol. The molecule has 0 aromatic carbocycles. The summed E-state index contributed by atoms with van der Waals surface area (Å²) in [6.07, 6.45) is 7.58. The second-order valence-corrected chi connectivity index (χ2v) is 7.24. The van der Waals surface area contributed by atoms with Crippen molar-refractivity contribution in [1.82, 2.24) is 15.0 Å². The number of piperidine rings is 1. The van der Waals surface area contributed by atoms with Gasteiger partial charge >= 0.3 is 0 Å². The lowest BCUT2D eigenvalue weighted by Crippen LogP contribution is -2.43. The molecule has 3 aromatic heterocycles. The van der Waals surface area contributed by atoms with Gasteiger partial charge in [0.05, 0.1) is 24.9 Å². The number of ether oxygens (including phenoxy) is 1. The Balaban J connectivity index is 1.30. The highest BCUT2D eigenvalue weighted by Crippen LogP contribution is 2.28. The minimum Gasteiger partial charge on any atom is -0.464 e. The van der Waals surface area contributed by atoms with Crippen molar-refractivity contribution in [2.24, 2.45) is 0 Å². The molecule has 0 saturated carbocycles. The third-order valence-electron chi connectivity index (χ3n) is 5.37. The number of rotatable bonds is 4. The van der Waals surface area contributed by atoms with E-state index in [0.29, 0.717) is 6.04 Å². The number of anilines is 3. The molecule has 2 aliphatic heterocycles. The van der Waals surface area contributed by atoms with Crippen LogP contribution in [-0.2, 0) is 4.74 Å². The van der Waals surface area contributed by atoms with Gasteiger partial charge in [0.15, 0.2) is 0 Å². The first-order valence-electron chi connectivity index (χ1n) is 9.86. The van der Waals surface area contributed by atoms with Crippen molar-refractivity contribution in [1.29, 1.82) is 0 Å². The summed E-state index contributed by atoms with van der Waals surface area (Å²) in [7, 11) is 0. The van der Waals surface area contributed by atoms with E-state index in [9.17, 15) is 0 Å². The molecular weight excluding hydrogens is 356 g/mol. The Morgan fingerprint density at radius 1 is 1.00 bits per heavy atom. The van der Waals surface area contributed by atoms with Gasteiger partial charge < -0.3 is 24.3 Å². The molecule has 28 heavy (non-hydrogen) atoms. The largest absolute Gasteiger partial charge is 0.464 e. The quantitative estimate of drug-likeness (QED) is 0.740. The van der Waals surface area contributed by atoms with Crippen LogP contribution in [0.4, 0.5) is 17.6 Å². The van der Waals surface area contributed by atoms with E-state index in [1.165, 1.54) is 0 Å². The number of nitrogens with zero attached hydrogens (tertiary/aromatic N) is 5. The van der Waals surface area contributed by atoms with Crippen molar-refractivity contribution in [2.75, 3.05) is 54.5 Å². The van der Waals surface area contributed by atoms with E-state index in [1.807, 2.05) is 30.6 Å². The summed E-state index contributed by atoms with van der Waals surface area (Å²) in [6.45, 7) is 5.00. The zero-order valence-electron chi connectivity index (χ0n) is 15.8. The molecule has 2 saturated heterocycles. The molecule has 8 nitrogen and oxygen atoms in total. The van der Waals surface area contributed by atoms with Crippen molar-refractivity contribution in [3.8, 4) is 0 Å². The fraction of sp³-hybridized carbons (Fsp3) is 0.450. The standard InChI is InChI=1S/C20H24N6O2/c1-2-15(14-26(8-1)19-16-5-11-28-17(16)3-6-21-19)23-18-4-7-22-20(24-18)25-9-12-27-13-10-25/h3-7,11,15H,1-2,8-10,12-14H2,(H,22,23,24). The first kappa shape index (κ1) is 17.2. The van der Waals surface area contributed by atoms with Gasteiger partial charge in [0.1, 0.15) is 17.2 Å². The van der Waals surface area contributed by atoms with Crippen LogP contribution in [0.5, 0.6) is 0 Å². The molecular formula is C20H24N6O2. The Hall–Kier alpha value is -2.87. The SMILES string of the molecule is c1cc(NC2CCCN(c3nccc4occc34)C2)nc(N2CCOCC2)n1. The highest BCUT2D eigenvalue weighted by atomic mass is 16.5. The van der Waals surface area contributed by atoms with Crippen LogP contribution in [0.2, 0.25) is 0 Å². The first-order valence-corrected chi connectivity index (χ1v) is 9.86. The number of hydrogen-bond donors (Lipinski definition) is 1. The molecule has 5 rings (SSSR count). The Kier molecular flexibility index (Phi) is 4.70. The summed E-state index contributed by atoms with van der Waals surface area (Å²) < 4.78 is 11.0. The topological polar surface area (TPSA) is 79.5 Å². The Morgan fingerprint density at radius 2 is 1.89 bits per heavy atom. The molecule has 2 fully saturated rings. The van der Waals surface area contributed by atoms with Crippen molar-refractivity contribution >= 4 is 28.6 Å². The molecule has 0 amide bonds. The zero-order valence-corrected chi connectivity index (χ0v) is 15.8. The fourth-order valence-corrected chi connectivity index (χ4v) is 3.97. The minimum absolute atomic E-state index is 0.310. The van der Waals surface area contributed by atoms with Gasteiger partial charge in [0, 0.05) is 44.6 Å². The van der Waals surface area contributed by atoms with Crippen molar-refractivity contribution in [3.63, 3.8) is 0 Å². The lowest BCUT2D eigenvalue weighted by molar-refractivity contribution is 0.122. The van der Waals surface area contributed by atoms with E-state index in [-0.39, 0.29) is 0 Å². The normalized spacial score (nSPS) is 20.5. The van der Waals surface area contributed by atoms with E-state index in [2.05, 4.69) is 25.1 Å². The first-order chi connectivity index (χ1) is 13.9. The summed E-state index contributed by atoms with van der Waals surface area (Å²) in [4.78, 5) is 18.3. The van der Waals surface area contributed by atoms with Crippen molar-refractivity contribution in [2.45, 2.75) is 18.9 Å². The van der Waals surface area contributed by atoms with Crippen LogP contribution < -0.4 is 15.1 Å². The highest BCUT2D eigenvalue weighted by molar-refractivity contribution is 5.88. The van der Waals surface area contributed by atoms with Gasteiger partial charge in [-0.2, -0.15) is 4.98 Å². The second kappa shape index (κ2) is 7.63. The number of hydrogen-bond acceptors (Lipinski definition) is 8. The van der Waals surface area contributed by atoms with E-state index >= 15 is 0 Å². The van der Waals surface area contributed by atoms with Crippen LogP contribution in [-0.4, -0.2) is 60.4 Å². The van der Waals surface area contributed by atoms with E-state index in [4.69, 9.17) is 14.1 Å². The molecule has 1 N–H and O–H groups in total. The molecule has 5 heterocycles. The predicted octanol–water partition coefficient (Wildman–Crippen LogP) is 2.54. The average molecular weight is 380 g/mol. The maximum atomic E-state index is 5.53. The monoisotopic (exact) mass is 380 g/mol. The van der Waals surface area contributed by atoms with E-state index < -0.39 is 0 Å². The van der Waals surface area contributed by atoms with Gasteiger partial charge in [-0.3, -0.25) is 0 Å². The second-order valence-electron chi connectivity index (χ2n) is 7.24. The smallest absolute Gasteiger partial charge is 0.227 e. The zero-order chi connectivity index (χ0) is 18.8. The maximum Gasteiger partial charge on any atom is 0.227 e. The van der Waals surface area contributed by atoms with Crippen LogP contribution in [0, 0.1) is 0 Å². The lowest BCUT2D eigenvalue weighted by Gasteiger charge is -2.34. The third kappa shape index (κ3) is 3.47. The summed E-state index contributed by atoms with van der Waals surface area (Å²) >= 11 is 0. The van der Waals surface area contributed by atoms with Gasteiger partial charge in [0.25, 0.3) is 0 Å².